The van der Waals surface area contributed by atoms with Crippen LogP contribution in [0.1, 0.15) is 24.0 Å². The van der Waals surface area contributed by atoms with Gasteiger partial charge in [-0.3, -0.25) is 4.98 Å². The van der Waals surface area contributed by atoms with Gasteiger partial charge in [0.25, 0.3) is 0 Å². The number of aromatic nitrogens is 1. The Bertz CT molecular complexity index is 482. The lowest BCUT2D eigenvalue weighted by molar-refractivity contribution is 0.553. The van der Waals surface area contributed by atoms with E-state index >= 15 is 0 Å². The lowest BCUT2D eigenvalue weighted by Gasteiger charge is -2.06. The number of fused-ring (bicyclic) bond motifs is 1. The number of rotatable bonds is 1. The Labute approximate surface area is 95.8 Å². The fourth-order valence-electron chi connectivity index (χ4n) is 2.68. The van der Waals surface area contributed by atoms with Gasteiger partial charge < -0.3 is 5.32 Å². The second-order valence-electron chi connectivity index (χ2n) is 4.53. The Kier molecular flexibility index (Phi) is 2.27. The van der Waals surface area contributed by atoms with E-state index in [9.17, 15) is 0 Å². The minimum absolute atomic E-state index is 0.574. The topological polar surface area (TPSA) is 24.9 Å². The summed E-state index contributed by atoms with van der Waals surface area (Å²) in [4.78, 5) is 4.19. The van der Waals surface area contributed by atoms with Crippen molar-refractivity contribution >= 4 is 5.57 Å². The summed E-state index contributed by atoms with van der Waals surface area (Å²) in [7, 11) is 0. The summed E-state index contributed by atoms with van der Waals surface area (Å²) in [6.07, 6.45) is 13.8. The van der Waals surface area contributed by atoms with E-state index in [2.05, 4.69) is 28.4 Å². The highest BCUT2D eigenvalue weighted by molar-refractivity contribution is 5.69. The average molecular weight is 210 g/mol. The zero-order valence-corrected chi connectivity index (χ0v) is 9.11. The second kappa shape index (κ2) is 3.77. The maximum Gasteiger partial charge on any atom is 0.0432 e. The minimum Gasteiger partial charge on any atom is -0.310 e. The number of nitrogens with zero attached hydrogens (tertiary/aromatic N) is 1. The Morgan fingerprint density at radius 1 is 1.44 bits per heavy atom. The van der Waals surface area contributed by atoms with E-state index in [1.54, 1.807) is 6.20 Å². The molecule has 0 spiro atoms. The number of hydrogen-bond acceptors (Lipinski definition) is 2. The third kappa shape index (κ3) is 1.54. The highest BCUT2D eigenvalue weighted by atomic mass is 15.0. The molecule has 1 fully saturated rings. The van der Waals surface area contributed by atoms with Crippen molar-refractivity contribution < 1.29 is 0 Å². The Morgan fingerprint density at radius 3 is 3.19 bits per heavy atom. The van der Waals surface area contributed by atoms with Crippen molar-refractivity contribution in [3.05, 3.63) is 35.7 Å². The molecule has 2 atom stereocenters. The molecule has 2 heterocycles. The van der Waals surface area contributed by atoms with E-state index in [0.29, 0.717) is 6.04 Å². The van der Waals surface area contributed by atoms with Crippen LogP contribution in [0.25, 0.3) is 5.57 Å². The van der Waals surface area contributed by atoms with E-state index < -0.39 is 0 Å². The van der Waals surface area contributed by atoms with Gasteiger partial charge in [-0.2, -0.15) is 0 Å². The Balaban J connectivity index is 1.91. The molecule has 0 saturated carbocycles. The van der Waals surface area contributed by atoms with Crippen LogP contribution in [0, 0.1) is 18.3 Å². The first kappa shape index (κ1) is 9.62. The second-order valence-corrected chi connectivity index (χ2v) is 4.53. The molecule has 3 rings (SSSR count). The van der Waals surface area contributed by atoms with E-state index in [0.717, 1.165) is 24.4 Å². The number of pyridine rings is 1. The average Bonchev–Trinajstić information content (AvgIpc) is 2.89. The smallest absolute Gasteiger partial charge is 0.0432 e. The van der Waals surface area contributed by atoms with Crippen LogP contribution >= 0.6 is 0 Å². The minimum atomic E-state index is 0.574. The number of nitrogens with one attached hydrogen (secondary N) is 1. The molecule has 2 nitrogen and oxygen atoms in total. The molecule has 16 heavy (non-hydrogen) atoms. The van der Waals surface area contributed by atoms with Crippen LogP contribution in [0.15, 0.2) is 24.5 Å². The van der Waals surface area contributed by atoms with Gasteiger partial charge >= 0.3 is 0 Å². The van der Waals surface area contributed by atoms with Gasteiger partial charge in [-0.15, -0.1) is 6.42 Å². The largest absolute Gasteiger partial charge is 0.310 e. The lowest BCUT2D eigenvalue weighted by Crippen LogP contribution is -2.20. The molecule has 80 valence electrons. The maximum atomic E-state index is 5.39. The van der Waals surface area contributed by atoms with Crippen molar-refractivity contribution in [3.8, 4) is 12.3 Å². The first-order chi connectivity index (χ1) is 7.86. The normalized spacial score (nSPS) is 27.3. The Morgan fingerprint density at radius 2 is 2.38 bits per heavy atom. The molecular formula is C14H14N2. The van der Waals surface area contributed by atoms with Crippen LogP contribution in [0.3, 0.4) is 0 Å². The fraction of sp³-hybridized carbons (Fsp3) is 0.357. The Hall–Kier alpha value is -1.59. The van der Waals surface area contributed by atoms with Crippen LogP contribution in [-0.4, -0.2) is 17.6 Å². The quantitative estimate of drug-likeness (QED) is 0.715. The third-order valence-corrected chi connectivity index (χ3v) is 3.54. The van der Waals surface area contributed by atoms with E-state index in [-0.39, 0.29) is 0 Å². The lowest BCUT2D eigenvalue weighted by atomic mass is 9.99. The first-order valence-corrected chi connectivity index (χ1v) is 5.73. The first-order valence-electron chi connectivity index (χ1n) is 5.73. The molecule has 0 unspecified atom stereocenters. The molecule has 0 bridgehead atoms. The fourth-order valence-corrected chi connectivity index (χ4v) is 2.68. The van der Waals surface area contributed by atoms with Crippen LogP contribution in [0.4, 0.5) is 0 Å². The summed E-state index contributed by atoms with van der Waals surface area (Å²) in [6, 6.07) is 2.63. The molecule has 1 aliphatic heterocycles. The third-order valence-electron chi connectivity index (χ3n) is 3.54. The van der Waals surface area contributed by atoms with Crippen molar-refractivity contribution in [3.63, 3.8) is 0 Å². The van der Waals surface area contributed by atoms with E-state index in [1.807, 2.05) is 6.20 Å². The van der Waals surface area contributed by atoms with Crippen LogP contribution in [-0.2, 0) is 0 Å². The highest BCUT2D eigenvalue weighted by Crippen LogP contribution is 2.36. The zero-order valence-electron chi connectivity index (χ0n) is 9.11. The molecular weight excluding hydrogens is 196 g/mol. The molecule has 1 aromatic heterocycles. The molecule has 0 radical (unpaired) electrons. The molecule has 2 aliphatic rings. The number of terminal acetylenes is 1. The monoisotopic (exact) mass is 210 g/mol. The molecule has 1 aromatic rings. The molecule has 1 N–H and O–H groups in total. The van der Waals surface area contributed by atoms with Crippen LogP contribution < -0.4 is 5.32 Å². The van der Waals surface area contributed by atoms with Crippen molar-refractivity contribution in [2.24, 2.45) is 5.92 Å². The van der Waals surface area contributed by atoms with Crippen molar-refractivity contribution in [2.75, 3.05) is 6.54 Å². The predicted octanol–water partition coefficient (Wildman–Crippen LogP) is 1.83. The molecule has 0 amide bonds. The number of allylic oxidation sites excluding steroid dienone is 1. The van der Waals surface area contributed by atoms with Gasteiger partial charge in [0.05, 0.1) is 0 Å². The van der Waals surface area contributed by atoms with Crippen molar-refractivity contribution in [1.82, 2.24) is 10.3 Å². The van der Waals surface area contributed by atoms with Gasteiger partial charge in [-0.25, -0.2) is 0 Å². The molecule has 0 aromatic carbocycles. The van der Waals surface area contributed by atoms with Gasteiger partial charge in [-0.1, -0.05) is 12.0 Å². The van der Waals surface area contributed by atoms with Gasteiger partial charge in [0, 0.05) is 24.0 Å². The van der Waals surface area contributed by atoms with E-state index in [4.69, 9.17) is 6.42 Å². The van der Waals surface area contributed by atoms with Crippen LogP contribution in [0.5, 0.6) is 0 Å². The van der Waals surface area contributed by atoms with Gasteiger partial charge in [-0.05, 0) is 42.5 Å². The summed E-state index contributed by atoms with van der Waals surface area (Å²) in [5.74, 6) is 3.42. The van der Waals surface area contributed by atoms with Gasteiger partial charge in [0.2, 0.25) is 0 Å². The predicted molar refractivity (Wildman–Crippen MR) is 64.7 cm³/mol. The summed E-state index contributed by atoms with van der Waals surface area (Å²) in [5.41, 5.74) is 3.45. The summed E-state index contributed by atoms with van der Waals surface area (Å²) in [6.45, 7) is 1.15. The molecule has 1 saturated heterocycles. The highest BCUT2D eigenvalue weighted by Gasteiger charge is 2.31. The number of hydrogen-bond donors (Lipinski definition) is 1. The molecule has 1 aliphatic carbocycles. The standard InChI is InChI=1S/C14H14N2/c1-2-10-5-13(9-15-8-10)12-6-11-3-4-16-14(11)7-12/h1,5,7-9,11,14,16H,3-4,6H2/t11-,14+/m1/s1. The summed E-state index contributed by atoms with van der Waals surface area (Å²) in [5, 5.41) is 3.51. The SMILES string of the molecule is C#Cc1cncc(C2=C[C@@H]3NCC[C@@H]3C2)c1. The summed E-state index contributed by atoms with van der Waals surface area (Å²) < 4.78 is 0. The van der Waals surface area contributed by atoms with E-state index in [1.165, 1.54) is 17.6 Å². The molecule has 2 heteroatoms. The maximum absolute atomic E-state index is 5.39. The van der Waals surface area contributed by atoms with Gasteiger partial charge in [0.15, 0.2) is 0 Å². The van der Waals surface area contributed by atoms with Crippen LogP contribution in [0.2, 0.25) is 0 Å². The summed E-state index contributed by atoms with van der Waals surface area (Å²) >= 11 is 0. The van der Waals surface area contributed by atoms with Crippen molar-refractivity contribution in [1.29, 1.82) is 0 Å². The van der Waals surface area contributed by atoms with Gasteiger partial charge in [0.1, 0.15) is 0 Å². The zero-order chi connectivity index (χ0) is 11.0. The van der Waals surface area contributed by atoms with Crippen molar-refractivity contribution in [2.45, 2.75) is 18.9 Å².